The molecule has 0 amide bonds. The van der Waals surface area contributed by atoms with Crippen LogP contribution in [0.2, 0.25) is 0 Å². The summed E-state index contributed by atoms with van der Waals surface area (Å²) < 4.78 is 11.3. The molecule has 0 unspecified atom stereocenters. The Kier molecular flexibility index (Phi) is 6.33. The molecule has 4 nitrogen and oxygen atoms in total. The molecule has 2 rings (SSSR count). The number of piperazine rings is 1. The van der Waals surface area contributed by atoms with Gasteiger partial charge in [-0.25, -0.2) is 0 Å². The smallest absolute Gasteiger partial charge is 0.161 e. The summed E-state index contributed by atoms with van der Waals surface area (Å²) in [6.07, 6.45) is 1.06. The lowest BCUT2D eigenvalue weighted by atomic mass is 10.1. The summed E-state index contributed by atoms with van der Waals surface area (Å²) in [4.78, 5) is 2.46. The van der Waals surface area contributed by atoms with Gasteiger partial charge in [0.2, 0.25) is 0 Å². The monoisotopic (exact) mass is 292 g/mol. The number of nitrogens with one attached hydrogen (secondary N) is 1. The van der Waals surface area contributed by atoms with Crippen molar-refractivity contribution in [3.05, 3.63) is 23.8 Å². The van der Waals surface area contributed by atoms with Crippen LogP contribution in [0.1, 0.15) is 25.8 Å². The molecule has 0 aliphatic carbocycles. The van der Waals surface area contributed by atoms with Gasteiger partial charge in [-0.15, -0.1) is 0 Å². The lowest BCUT2D eigenvalue weighted by Gasteiger charge is -2.27. The van der Waals surface area contributed by atoms with Crippen molar-refractivity contribution in [2.45, 2.75) is 26.8 Å². The molecule has 1 saturated heterocycles. The topological polar surface area (TPSA) is 33.7 Å². The molecule has 1 fully saturated rings. The first-order valence-corrected chi connectivity index (χ1v) is 7.92. The van der Waals surface area contributed by atoms with E-state index in [-0.39, 0.29) is 0 Å². The number of rotatable bonds is 7. The second-order valence-electron chi connectivity index (χ2n) is 6.04. The lowest BCUT2D eigenvalue weighted by Crippen LogP contribution is -2.42. The first kappa shape index (κ1) is 16.1. The minimum atomic E-state index is 0.656. The first-order chi connectivity index (χ1) is 10.2. The molecular weight excluding hydrogens is 264 g/mol. The van der Waals surface area contributed by atoms with Gasteiger partial charge in [0.05, 0.1) is 13.7 Å². The molecule has 1 aliphatic rings. The van der Waals surface area contributed by atoms with Crippen molar-refractivity contribution < 1.29 is 9.47 Å². The van der Waals surface area contributed by atoms with Crippen LogP contribution in [0.4, 0.5) is 0 Å². The van der Waals surface area contributed by atoms with Crippen LogP contribution >= 0.6 is 0 Å². The van der Waals surface area contributed by atoms with Crippen LogP contribution in [0.15, 0.2) is 18.2 Å². The van der Waals surface area contributed by atoms with E-state index >= 15 is 0 Å². The zero-order valence-electron chi connectivity index (χ0n) is 13.5. The molecule has 0 radical (unpaired) electrons. The van der Waals surface area contributed by atoms with Crippen molar-refractivity contribution in [1.82, 2.24) is 10.2 Å². The van der Waals surface area contributed by atoms with Gasteiger partial charge >= 0.3 is 0 Å². The highest BCUT2D eigenvalue weighted by molar-refractivity contribution is 5.43. The van der Waals surface area contributed by atoms with Gasteiger partial charge < -0.3 is 14.8 Å². The Balaban J connectivity index is 1.94. The first-order valence-electron chi connectivity index (χ1n) is 7.92. The van der Waals surface area contributed by atoms with Gasteiger partial charge in [-0.3, -0.25) is 4.90 Å². The van der Waals surface area contributed by atoms with E-state index in [1.165, 1.54) is 5.56 Å². The molecule has 0 saturated carbocycles. The van der Waals surface area contributed by atoms with Gasteiger partial charge in [0.15, 0.2) is 11.5 Å². The quantitative estimate of drug-likeness (QED) is 0.837. The van der Waals surface area contributed by atoms with Gasteiger partial charge in [-0.2, -0.15) is 0 Å². The fourth-order valence-corrected chi connectivity index (χ4v) is 2.46. The molecule has 0 aromatic heterocycles. The molecule has 1 aromatic rings. The van der Waals surface area contributed by atoms with Crippen molar-refractivity contribution in [2.75, 3.05) is 39.9 Å². The largest absolute Gasteiger partial charge is 0.493 e. The summed E-state index contributed by atoms with van der Waals surface area (Å²) in [6.45, 7) is 10.5. The predicted molar refractivity (Wildman–Crippen MR) is 86.1 cm³/mol. The molecule has 1 aliphatic heterocycles. The molecule has 118 valence electrons. The van der Waals surface area contributed by atoms with Crippen LogP contribution in [-0.4, -0.2) is 44.8 Å². The maximum Gasteiger partial charge on any atom is 0.161 e. The lowest BCUT2D eigenvalue weighted by molar-refractivity contribution is 0.232. The molecular formula is C17H28N2O2. The summed E-state index contributed by atoms with van der Waals surface area (Å²) in [5.41, 5.74) is 1.28. The molecule has 1 aromatic carbocycles. The third-order valence-electron chi connectivity index (χ3n) is 3.80. The van der Waals surface area contributed by atoms with Crippen LogP contribution in [0.5, 0.6) is 11.5 Å². The average Bonchev–Trinajstić information content (AvgIpc) is 2.49. The third kappa shape index (κ3) is 5.21. The second-order valence-corrected chi connectivity index (χ2v) is 6.04. The van der Waals surface area contributed by atoms with Crippen LogP contribution in [0.3, 0.4) is 0 Å². The number of hydrogen-bond donors (Lipinski definition) is 1. The Morgan fingerprint density at radius 1 is 1.19 bits per heavy atom. The molecule has 21 heavy (non-hydrogen) atoms. The summed E-state index contributed by atoms with van der Waals surface area (Å²) in [5.74, 6) is 2.34. The van der Waals surface area contributed by atoms with Crippen LogP contribution in [-0.2, 0) is 6.54 Å². The number of ether oxygens (including phenoxy) is 2. The number of hydrogen-bond acceptors (Lipinski definition) is 4. The number of nitrogens with zero attached hydrogens (tertiary/aromatic N) is 1. The summed E-state index contributed by atoms with van der Waals surface area (Å²) in [5, 5.41) is 3.38. The number of methoxy groups -OCH3 is 1. The normalized spacial score (nSPS) is 16.2. The second kappa shape index (κ2) is 8.25. The minimum Gasteiger partial charge on any atom is -0.493 e. The Bertz CT molecular complexity index is 429. The van der Waals surface area contributed by atoms with Gasteiger partial charge in [0.25, 0.3) is 0 Å². The molecule has 0 spiro atoms. The third-order valence-corrected chi connectivity index (χ3v) is 3.80. The van der Waals surface area contributed by atoms with Crippen LogP contribution in [0, 0.1) is 5.92 Å². The van der Waals surface area contributed by atoms with Gasteiger partial charge in [-0.1, -0.05) is 19.9 Å². The molecule has 1 heterocycles. The van der Waals surface area contributed by atoms with Crippen molar-refractivity contribution in [3.8, 4) is 11.5 Å². The SMILES string of the molecule is COc1cc(CN2CCNCC2)ccc1OCCC(C)C. The van der Waals surface area contributed by atoms with E-state index in [0.717, 1.165) is 57.3 Å². The Hall–Kier alpha value is -1.26. The Morgan fingerprint density at radius 3 is 2.62 bits per heavy atom. The van der Waals surface area contributed by atoms with E-state index in [4.69, 9.17) is 9.47 Å². The zero-order valence-corrected chi connectivity index (χ0v) is 13.5. The fraction of sp³-hybridized carbons (Fsp3) is 0.647. The van der Waals surface area contributed by atoms with E-state index in [0.29, 0.717) is 5.92 Å². The Labute approximate surface area is 128 Å². The summed E-state index contributed by atoms with van der Waals surface area (Å²) >= 11 is 0. The maximum absolute atomic E-state index is 5.84. The predicted octanol–water partition coefficient (Wildman–Crippen LogP) is 2.53. The molecule has 0 bridgehead atoms. The average molecular weight is 292 g/mol. The van der Waals surface area contributed by atoms with Crippen molar-refractivity contribution in [3.63, 3.8) is 0 Å². The van der Waals surface area contributed by atoms with Crippen molar-refractivity contribution >= 4 is 0 Å². The highest BCUT2D eigenvalue weighted by atomic mass is 16.5. The van der Waals surface area contributed by atoms with Crippen LogP contribution < -0.4 is 14.8 Å². The summed E-state index contributed by atoms with van der Waals surface area (Å²) in [7, 11) is 1.71. The summed E-state index contributed by atoms with van der Waals surface area (Å²) in [6, 6.07) is 6.29. The Morgan fingerprint density at radius 2 is 1.95 bits per heavy atom. The van der Waals surface area contributed by atoms with Crippen molar-refractivity contribution in [1.29, 1.82) is 0 Å². The molecule has 4 heteroatoms. The standard InChI is InChI=1S/C17H28N2O2/c1-14(2)6-11-21-16-5-4-15(12-17(16)20-3)13-19-9-7-18-8-10-19/h4-5,12,14,18H,6-11,13H2,1-3H3. The van der Waals surface area contributed by atoms with E-state index in [1.54, 1.807) is 7.11 Å². The molecule has 0 atom stereocenters. The number of benzene rings is 1. The van der Waals surface area contributed by atoms with Crippen molar-refractivity contribution in [2.24, 2.45) is 5.92 Å². The highest BCUT2D eigenvalue weighted by Gasteiger charge is 2.12. The van der Waals surface area contributed by atoms with Crippen LogP contribution in [0.25, 0.3) is 0 Å². The van der Waals surface area contributed by atoms with Gasteiger partial charge in [0.1, 0.15) is 0 Å². The van der Waals surface area contributed by atoms with E-state index in [2.05, 4.69) is 36.2 Å². The van der Waals surface area contributed by atoms with E-state index < -0.39 is 0 Å². The highest BCUT2D eigenvalue weighted by Crippen LogP contribution is 2.29. The van der Waals surface area contributed by atoms with Gasteiger partial charge in [-0.05, 0) is 30.0 Å². The minimum absolute atomic E-state index is 0.656. The zero-order chi connectivity index (χ0) is 15.1. The van der Waals surface area contributed by atoms with E-state index in [1.807, 2.05) is 6.07 Å². The van der Waals surface area contributed by atoms with E-state index in [9.17, 15) is 0 Å². The van der Waals surface area contributed by atoms with Gasteiger partial charge in [0, 0.05) is 32.7 Å². The fourth-order valence-electron chi connectivity index (χ4n) is 2.46. The maximum atomic E-state index is 5.84. The molecule has 1 N–H and O–H groups in total.